The first-order valence-electron chi connectivity index (χ1n) is 13.6. The van der Waals surface area contributed by atoms with Crippen molar-refractivity contribution in [1.29, 1.82) is 0 Å². The Bertz CT molecular complexity index is 1430. The van der Waals surface area contributed by atoms with Gasteiger partial charge in [0.1, 0.15) is 4.88 Å². The number of thiazole rings is 1. The van der Waals surface area contributed by atoms with Gasteiger partial charge < -0.3 is 14.8 Å². The lowest BCUT2D eigenvalue weighted by Crippen LogP contribution is -2.34. The van der Waals surface area contributed by atoms with Gasteiger partial charge >= 0.3 is 5.24 Å². The van der Waals surface area contributed by atoms with Crippen molar-refractivity contribution in [2.24, 2.45) is 5.10 Å². The van der Waals surface area contributed by atoms with Crippen molar-refractivity contribution in [3.05, 3.63) is 69.2 Å². The first-order chi connectivity index (χ1) is 19.3. The van der Waals surface area contributed by atoms with Crippen molar-refractivity contribution in [3.63, 3.8) is 0 Å². The number of hydrogen-bond acceptors (Lipinski definition) is 8. The maximum atomic E-state index is 13.1. The molecule has 2 aromatic carbocycles. The molecule has 2 amide bonds. The first-order valence-corrected chi connectivity index (χ1v) is 15.3. The highest BCUT2D eigenvalue weighted by atomic mass is 32.2. The van der Waals surface area contributed by atoms with Gasteiger partial charge in [-0.1, -0.05) is 30.8 Å². The minimum atomic E-state index is -0.189. The Kier molecular flexibility index (Phi) is 8.75. The third kappa shape index (κ3) is 6.33. The molecule has 3 aromatic rings. The molecule has 1 saturated carbocycles. The first kappa shape index (κ1) is 28.2. The summed E-state index contributed by atoms with van der Waals surface area (Å²) in [6.45, 7) is 6.07. The van der Waals surface area contributed by atoms with Gasteiger partial charge in [-0.3, -0.25) is 9.59 Å². The van der Waals surface area contributed by atoms with Gasteiger partial charge in [-0.05, 0) is 81.8 Å². The highest BCUT2D eigenvalue weighted by molar-refractivity contribution is 8.14. The number of amides is 2. The molecule has 0 spiro atoms. The minimum absolute atomic E-state index is 0.0619. The summed E-state index contributed by atoms with van der Waals surface area (Å²) in [5.41, 5.74) is 4.00. The molecule has 8 nitrogen and oxygen atoms in total. The van der Waals surface area contributed by atoms with Crippen molar-refractivity contribution in [2.75, 3.05) is 12.4 Å². The molecular weight excluding hydrogens is 544 g/mol. The summed E-state index contributed by atoms with van der Waals surface area (Å²) in [5.74, 6) is 1.22. The lowest BCUT2D eigenvalue weighted by molar-refractivity contribution is 0.102. The van der Waals surface area contributed by atoms with Gasteiger partial charge in [0.2, 0.25) is 0 Å². The lowest BCUT2D eigenvalue weighted by atomic mass is 10.0. The van der Waals surface area contributed by atoms with Crippen LogP contribution in [0.15, 0.2) is 47.6 Å². The number of nitrogens with one attached hydrogen (secondary N) is 1. The van der Waals surface area contributed by atoms with Gasteiger partial charge in [0.25, 0.3) is 5.91 Å². The van der Waals surface area contributed by atoms with Crippen LogP contribution in [0.25, 0.3) is 0 Å². The standard InChI is InChI=1S/C30H34N4O4S2/c1-5-26-27(21-13-14-24(37-4)25(16-21)38-23-11-6-7-12-23)33-34(30(36)40-26)17-20-9-8-10-22(15-20)32-29(35)28-18(2)31-19(3)39-28/h8-10,13-16,23,26H,5-7,11-12,17H2,1-4H3,(H,32,35). The second kappa shape index (κ2) is 12.4. The van der Waals surface area contributed by atoms with E-state index in [1.807, 2.05) is 56.3 Å². The molecule has 2 aliphatic rings. The number of aryl methyl sites for hydroxylation is 2. The van der Waals surface area contributed by atoms with Gasteiger partial charge in [-0.25, -0.2) is 9.99 Å². The highest BCUT2D eigenvalue weighted by Crippen LogP contribution is 2.36. The fourth-order valence-electron chi connectivity index (χ4n) is 5.06. The van der Waals surface area contributed by atoms with E-state index in [0.717, 1.165) is 46.8 Å². The molecular formula is C30H34N4O4S2. The van der Waals surface area contributed by atoms with Crippen LogP contribution in [0, 0.1) is 13.8 Å². The Hall–Kier alpha value is -3.37. The number of thioether (sulfide) groups is 1. The fourth-order valence-corrected chi connectivity index (χ4v) is 6.80. The van der Waals surface area contributed by atoms with Crippen LogP contribution in [-0.4, -0.2) is 45.3 Å². The van der Waals surface area contributed by atoms with E-state index in [9.17, 15) is 9.59 Å². The fraction of sp³-hybridized carbons (Fsp3) is 0.400. The topological polar surface area (TPSA) is 93.1 Å². The molecule has 2 heterocycles. The third-order valence-electron chi connectivity index (χ3n) is 7.04. The highest BCUT2D eigenvalue weighted by Gasteiger charge is 2.31. The smallest absolute Gasteiger partial charge is 0.302 e. The van der Waals surface area contributed by atoms with Crippen LogP contribution in [0.4, 0.5) is 10.5 Å². The number of carbonyl (C=O) groups is 2. The van der Waals surface area contributed by atoms with E-state index in [-0.39, 0.29) is 29.0 Å². The van der Waals surface area contributed by atoms with E-state index < -0.39 is 0 Å². The molecule has 0 bridgehead atoms. The number of ether oxygens (including phenoxy) is 2. The third-order valence-corrected chi connectivity index (χ3v) is 9.37. The Morgan fingerprint density at radius 1 is 1.12 bits per heavy atom. The van der Waals surface area contributed by atoms with Crippen molar-refractivity contribution >= 4 is 45.6 Å². The summed E-state index contributed by atoms with van der Waals surface area (Å²) in [6, 6.07) is 13.4. The number of methoxy groups -OCH3 is 1. The zero-order valence-electron chi connectivity index (χ0n) is 23.2. The summed E-state index contributed by atoms with van der Waals surface area (Å²) in [5, 5.41) is 10.0. The summed E-state index contributed by atoms with van der Waals surface area (Å²) < 4.78 is 11.9. The molecule has 1 N–H and O–H groups in total. The van der Waals surface area contributed by atoms with E-state index in [1.54, 1.807) is 7.11 Å². The Morgan fingerprint density at radius 3 is 2.62 bits per heavy atom. The largest absolute Gasteiger partial charge is 0.493 e. The van der Waals surface area contributed by atoms with Crippen molar-refractivity contribution in [1.82, 2.24) is 9.99 Å². The second-order valence-corrected chi connectivity index (χ2v) is 12.4. The molecule has 1 fully saturated rings. The Morgan fingerprint density at radius 2 is 1.93 bits per heavy atom. The summed E-state index contributed by atoms with van der Waals surface area (Å²) in [7, 11) is 1.65. The molecule has 5 rings (SSSR count). The normalized spacial score (nSPS) is 17.6. The molecule has 1 aliphatic carbocycles. The van der Waals surface area contributed by atoms with Crippen LogP contribution in [0.5, 0.6) is 11.5 Å². The summed E-state index contributed by atoms with van der Waals surface area (Å²) in [4.78, 5) is 30.8. The number of carbonyl (C=O) groups excluding carboxylic acids is 2. The van der Waals surface area contributed by atoms with Crippen LogP contribution in [0.1, 0.15) is 70.5 Å². The number of hydrazone groups is 1. The molecule has 1 aliphatic heterocycles. The number of aromatic nitrogens is 1. The van der Waals surface area contributed by atoms with E-state index in [4.69, 9.17) is 14.6 Å². The Labute approximate surface area is 243 Å². The average molecular weight is 579 g/mol. The van der Waals surface area contributed by atoms with Crippen molar-refractivity contribution in [3.8, 4) is 11.5 Å². The number of rotatable bonds is 9. The molecule has 1 aromatic heterocycles. The molecule has 0 radical (unpaired) electrons. The maximum absolute atomic E-state index is 13.1. The average Bonchev–Trinajstić information content (AvgIpc) is 3.58. The van der Waals surface area contributed by atoms with Crippen LogP contribution >= 0.6 is 23.1 Å². The number of hydrogen-bond donors (Lipinski definition) is 1. The molecule has 210 valence electrons. The van der Waals surface area contributed by atoms with Crippen LogP contribution in [0.3, 0.4) is 0 Å². The monoisotopic (exact) mass is 578 g/mol. The van der Waals surface area contributed by atoms with E-state index in [1.165, 1.54) is 40.9 Å². The summed E-state index contributed by atoms with van der Waals surface area (Å²) >= 11 is 2.66. The van der Waals surface area contributed by atoms with E-state index >= 15 is 0 Å². The lowest BCUT2D eigenvalue weighted by Gasteiger charge is -2.29. The number of anilines is 1. The van der Waals surface area contributed by atoms with Gasteiger partial charge in [-0.2, -0.15) is 5.10 Å². The SMILES string of the molecule is CCC1SC(=O)N(Cc2cccc(NC(=O)c3sc(C)nc3C)c2)N=C1c1ccc(OC)c(OC2CCCC2)c1. The molecule has 10 heteroatoms. The number of nitrogens with zero attached hydrogens (tertiary/aromatic N) is 3. The van der Waals surface area contributed by atoms with Crippen molar-refractivity contribution < 1.29 is 19.1 Å². The molecule has 1 unspecified atom stereocenters. The van der Waals surface area contributed by atoms with Crippen molar-refractivity contribution in [2.45, 2.75) is 70.8 Å². The van der Waals surface area contributed by atoms with Gasteiger partial charge in [0, 0.05) is 11.3 Å². The minimum Gasteiger partial charge on any atom is -0.493 e. The van der Waals surface area contributed by atoms with Crippen LogP contribution < -0.4 is 14.8 Å². The van der Waals surface area contributed by atoms with Gasteiger partial charge in [0.15, 0.2) is 11.5 Å². The van der Waals surface area contributed by atoms with E-state index in [2.05, 4.69) is 17.2 Å². The van der Waals surface area contributed by atoms with Crippen LogP contribution in [-0.2, 0) is 6.54 Å². The quantitative estimate of drug-likeness (QED) is 0.289. The van der Waals surface area contributed by atoms with Crippen LogP contribution in [0.2, 0.25) is 0 Å². The predicted octanol–water partition coefficient (Wildman–Crippen LogP) is 7.19. The number of benzene rings is 2. The van der Waals surface area contributed by atoms with Gasteiger partial charge in [0.05, 0.1) is 41.4 Å². The maximum Gasteiger partial charge on any atom is 0.302 e. The zero-order valence-corrected chi connectivity index (χ0v) is 24.9. The zero-order chi connectivity index (χ0) is 28.2. The van der Waals surface area contributed by atoms with E-state index in [0.29, 0.717) is 22.1 Å². The molecule has 40 heavy (non-hydrogen) atoms. The predicted molar refractivity (Wildman–Crippen MR) is 161 cm³/mol. The molecule has 1 atom stereocenters. The second-order valence-electron chi connectivity index (χ2n) is 10.0. The summed E-state index contributed by atoms with van der Waals surface area (Å²) in [6.07, 6.45) is 5.43. The Balaban J connectivity index is 1.37. The molecule has 0 saturated heterocycles. The van der Waals surface area contributed by atoms with Gasteiger partial charge in [-0.15, -0.1) is 11.3 Å².